The highest BCUT2D eigenvalue weighted by Crippen LogP contribution is 2.38. The fraction of sp³-hybridized carbons (Fsp3) is 0.409. The Morgan fingerprint density at radius 3 is 2.65 bits per heavy atom. The van der Waals surface area contributed by atoms with Crippen LogP contribution in [0.25, 0.3) is 21.3 Å². The van der Waals surface area contributed by atoms with Gasteiger partial charge in [-0.1, -0.05) is 12.1 Å². The Balaban J connectivity index is 1.23. The maximum atomic E-state index is 13.3. The summed E-state index contributed by atoms with van der Waals surface area (Å²) < 4.78 is 24.8. The van der Waals surface area contributed by atoms with Crippen LogP contribution in [0.3, 0.4) is 0 Å². The van der Waals surface area contributed by atoms with Gasteiger partial charge in [-0.25, -0.2) is 14.4 Å². The van der Waals surface area contributed by atoms with Crippen LogP contribution in [0.1, 0.15) is 19.3 Å². The quantitative estimate of drug-likeness (QED) is 0.418. The zero-order valence-corrected chi connectivity index (χ0v) is 18.5. The molecule has 162 valence electrons. The minimum atomic E-state index is -0.464. The monoisotopic (exact) mass is 459 g/mol. The van der Waals surface area contributed by atoms with Crippen LogP contribution in [0, 0.1) is 5.82 Å². The highest BCUT2D eigenvalue weighted by atomic mass is 32.2. The number of likely N-dealkylation sites (tertiary alicyclic amines) is 1. The van der Waals surface area contributed by atoms with E-state index in [-0.39, 0.29) is 11.7 Å². The molecule has 0 aliphatic carbocycles. The summed E-state index contributed by atoms with van der Waals surface area (Å²) in [6.45, 7) is 2.61. The molecule has 31 heavy (non-hydrogen) atoms. The smallest absolute Gasteiger partial charge is 0.223 e. The van der Waals surface area contributed by atoms with Crippen LogP contribution in [-0.4, -0.2) is 58.6 Å². The van der Waals surface area contributed by atoms with Gasteiger partial charge in [0.1, 0.15) is 22.0 Å². The molecule has 1 amide bonds. The number of nitrogens with zero attached hydrogens (tertiary/aromatic N) is 3. The number of fused-ring (bicyclic) bond motifs is 1. The zero-order chi connectivity index (χ0) is 21.3. The Hall–Kier alpha value is -2.07. The summed E-state index contributed by atoms with van der Waals surface area (Å²) in [6, 6.07) is 6.45. The molecule has 2 aliphatic heterocycles. The molecule has 2 aliphatic rings. The van der Waals surface area contributed by atoms with E-state index in [0.717, 1.165) is 39.2 Å². The Morgan fingerprint density at radius 2 is 1.90 bits per heavy atom. The molecule has 0 radical (unpaired) electrons. The lowest BCUT2D eigenvalue weighted by Crippen LogP contribution is -2.47. The van der Waals surface area contributed by atoms with E-state index < -0.39 is 5.79 Å². The van der Waals surface area contributed by atoms with Crippen LogP contribution in [0.2, 0.25) is 0 Å². The Morgan fingerprint density at radius 1 is 1.16 bits per heavy atom. The highest BCUT2D eigenvalue weighted by molar-refractivity contribution is 7.99. The molecule has 5 rings (SSSR count). The standard InChI is InChI=1S/C22H22FN3O3S2/c23-16-3-1-15(2-4-16)17-13-31-21-19(17)20(24-14-25-21)30-12-5-18(27)26-8-6-22(7-9-26)28-10-11-29-22/h1-4,13-14H,5-12H2. The highest BCUT2D eigenvalue weighted by Gasteiger charge is 2.40. The Labute approximate surface area is 187 Å². The maximum absolute atomic E-state index is 13.3. The number of hydrogen-bond donors (Lipinski definition) is 0. The molecule has 3 aromatic rings. The van der Waals surface area contributed by atoms with Crippen molar-refractivity contribution < 1.29 is 18.7 Å². The van der Waals surface area contributed by atoms with Crippen LogP contribution >= 0.6 is 23.1 Å². The topological polar surface area (TPSA) is 64.6 Å². The summed E-state index contributed by atoms with van der Waals surface area (Å²) in [7, 11) is 0. The number of amides is 1. The molecule has 0 unspecified atom stereocenters. The van der Waals surface area contributed by atoms with Crippen molar-refractivity contribution in [2.75, 3.05) is 32.1 Å². The van der Waals surface area contributed by atoms with E-state index in [4.69, 9.17) is 9.47 Å². The van der Waals surface area contributed by atoms with Crippen molar-refractivity contribution in [1.29, 1.82) is 0 Å². The molecule has 2 saturated heterocycles. The van der Waals surface area contributed by atoms with E-state index in [1.165, 1.54) is 12.1 Å². The minimum Gasteiger partial charge on any atom is -0.347 e. The molecule has 1 spiro atoms. The third kappa shape index (κ3) is 4.32. The molecule has 0 N–H and O–H groups in total. The molecule has 1 aromatic carbocycles. The molecule has 0 atom stereocenters. The van der Waals surface area contributed by atoms with Crippen molar-refractivity contribution in [3.8, 4) is 11.1 Å². The van der Waals surface area contributed by atoms with Crippen LogP contribution in [0.4, 0.5) is 4.39 Å². The maximum Gasteiger partial charge on any atom is 0.223 e. The molecule has 0 bridgehead atoms. The second-order valence-electron chi connectivity index (χ2n) is 7.60. The fourth-order valence-corrected chi connectivity index (χ4v) is 6.00. The number of thiophene rings is 1. The molecular weight excluding hydrogens is 437 g/mol. The van der Waals surface area contributed by atoms with Crippen molar-refractivity contribution in [3.05, 3.63) is 41.8 Å². The van der Waals surface area contributed by atoms with Gasteiger partial charge >= 0.3 is 0 Å². The molecular formula is C22H22FN3O3S2. The van der Waals surface area contributed by atoms with Gasteiger partial charge in [-0.15, -0.1) is 23.1 Å². The van der Waals surface area contributed by atoms with Crippen molar-refractivity contribution >= 4 is 39.2 Å². The summed E-state index contributed by atoms with van der Waals surface area (Å²) in [5, 5.41) is 3.84. The van der Waals surface area contributed by atoms with E-state index >= 15 is 0 Å². The molecule has 6 nitrogen and oxygen atoms in total. The van der Waals surface area contributed by atoms with Crippen LogP contribution in [-0.2, 0) is 14.3 Å². The number of piperidine rings is 1. The second-order valence-corrected chi connectivity index (χ2v) is 9.54. The number of hydrogen-bond acceptors (Lipinski definition) is 7. The van der Waals surface area contributed by atoms with Gasteiger partial charge in [0, 0.05) is 49.0 Å². The van der Waals surface area contributed by atoms with E-state index in [0.29, 0.717) is 38.5 Å². The normalized spacial score (nSPS) is 18.2. The van der Waals surface area contributed by atoms with Gasteiger partial charge in [0.05, 0.1) is 18.6 Å². The van der Waals surface area contributed by atoms with Gasteiger partial charge in [0.25, 0.3) is 0 Å². The third-order valence-corrected chi connectivity index (χ3v) is 7.61. The van der Waals surface area contributed by atoms with E-state index in [9.17, 15) is 9.18 Å². The first-order valence-electron chi connectivity index (χ1n) is 10.3. The second kappa shape index (κ2) is 8.82. The molecule has 2 aromatic heterocycles. The predicted octanol–water partition coefficient (Wildman–Crippen LogP) is 4.35. The fourth-order valence-electron chi connectivity index (χ4n) is 4.07. The number of aromatic nitrogens is 2. The van der Waals surface area contributed by atoms with Gasteiger partial charge in [-0.2, -0.15) is 0 Å². The number of carbonyl (C=O) groups is 1. The first-order valence-corrected chi connectivity index (χ1v) is 12.2. The Kier molecular flexibility index (Phi) is 5.92. The minimum absolute atomic E-state index is 0.148. The van der Waals surface area contributed by atoms with Gasteiger partial charge in [-0.05, 0) is 17.7 Å². The summed E-state index contributed by atoms with van der Waals surface area (Å²) in [6.07, 6.45) is 3.46. The molecule has 2 fully saturated rings. The summed E-state index contributed by atoms with van der Waals surface area (Å²) in [5.74, 6) is 0.0589. The number of halogens is 1. The van der Waals surface area contributed by atoms with Crippen molar-refractivity contribution in [3.63, 3.8) is 0 Å². The van der Waals surface area contributed by atoms with Crippen LogP contribution < -0.4 is 0 Å². The van der Waals surface area contributed by atoms with Gasteiger partial charge in [0.2, 0.25) is 5.91 Å². The summed E-state index contributed by atoms with van der Waals surface area (Å²) >= 11 is 3.10. The number of benzene rings is 1. The average Bonchev–Trinajstić information content (AvgIpc) is 3.43. The summed E-state index contributed by atoms with van der Waals surface area (Å²) in [5.41, 5.74) is 1.92. The Bertz CT molecular complexity index is 1070. The lowest BCUT2D eigenvalue weighted by atomic mass is 10.0. The zero-order valence-electron chi connectivity index (χ0n) is 16.9. The third-order valence-electron chi connectivity index (χ3n) is 5.74. The largest absolute Gasteiger partial charge is 0.347 e. The molecule has 9 heteroatoms. The van der Waals surface area contributed by atoms with Crippen molar-refractivity contribution in [1.82, 2.24) is 14.9 Å². The number of thioether (sulfide) groups is 1. The first-order chi connectivity index (χ1) is 15.1. The molecule has 4 heterocycles. The SMILES string of the molecule is O=C(CCSc1ncnc2scc(-c3ccc(F)cc3)c12)N1CCC2(CC1)OCCO2. The van der Waals surface area contributed by atoms with E-state index in [1.54, 1.807) is 41.6 Å². The predicted molar refractivity (Wildman–Crippen MR) is 119 cm³/mol. The van der Waals surface area contributed by atoms with Crippen LogP contribution in [0.15, 0.2) is 41.0 Å². The van der Waals surface area contributed by atoms with Gasteiger partial charge in [0.15, 0.2) is 5.79 Å². The van der Waals surface area contributed by atoms with E-state index in [1.807, 2.05) is 10.3 Å². The lowest BCUT2D eigenvalue weighted by molar-refractivity contribution is -0.187. The number of ether oxygens (including phenoxy) is 2. The van der Waals surface area contributed by atoms with Crippen molar-refractivity contribution in [2.24, 2.45) is 0 Å². The number of rotatable bonds is 5. The lowest BCUT2D eigenvalue weighted by Gasteiger charge is -2.37. The number of carbonyl (C=O) groups excluding carboxylic acids is 1. The van der Waals surface area contributed by atoms with Crippen molar-refractivity contribution in [2.45, 2.75) is 30.1 Å². The van der Waals surface area contributed by atoms with Gasteiger partial charge < -0.3 is 14.4 Å². The average molecular weight is 460 g/mol. The summed E-state index contributed by atoms with van der Waals surface area (Å²) in [4.78, 5) is 24.3. The first kappa shape index (κ1) is 20.8. The molecule has 0 saturated carbocycles. The van der Waals surface area contributed by atoms with Gasteiger partial charge in [-0.3, -0.25) is 4.79 Å². The van der Waals surface area contributed by atoms with Crippen LogP contribution in [0.5, 0.6) is 0 Å². The van der Waals surface area contributed by atoms with E-state index in [2.05, 4.69) is 9.97 Å².